The number of rotatable bonds is 9. The topological polar surface area (TPSA) is 60.0 Å². The zero-order chi connectivity index (χ0) is 18.7. The number of nitrogens with one attached hydrogen (secondary N) is 2. The van der Waals surface area contributed by atoms with Gasteiger partial charge in [-0.3, -0.25) is 9.79 Å². The number of benzene rings is 1. The second-order valence-electron chi connectivity index (χ2n) is 6.49. The number of guanidine groups is 1. The monoisotopic (exact) mass is 475 g/mol. The number of amides is 1. The third-order valence-corrected chi connectivity index (χ3v) is 3.66. The Balaban J connectivity index is 0.00000625. The highest BCUT2D eigenvalue weighted by molar-refractivity contribution is 14.0. The van der Waals surface area contributed by atoms with Gasteiger partial charge in [0.25, 0.3) is 5.91 Å². The summed E-state index contributed by atoms with van der Waals surface area (Å²) >= 11 is 0. The Labute approximate surface area is 175 Å². The molecule has 1 aromatic rings. The van der Waals surface area contributed by atoms with E-state index in [1.807, 2.05) is 18.2 Å². The number of carbonyl (C=O) groups is 1. The van der Waals surface area contributed by atoms with Crippen LogP contribution in [-0.4, -0.2) is 76.0 Å². The highest BCUT2D eigenvalue weighted by Crippen LogP contribution is 2.07. The largest absolute Gasteiger partial charge is 0.357 e. The molecule has 26 heavy (non-hydrogen) atoms. The fraction of sp³-hybridized carbons (Fsp3) is 0.579. The first-order valence-electron chi connectivity index (χ1n) is 8.91. The van der Waals surface area contributed by atoms with Gasteiger partial charge >= 0.3 is 0 Å². The van der Waals surface area contributed by atoms with Crippen molar-refractivity contribution in [2.24, 2.45) is 4.99 Å². The molecule has 0 radical (unpaired) electrons. The fourth-order valence-corrected chi connectivity index (χ4v) is 2.36. The number of aliphatic imine (C=N–C) groups is 1. The van der Waals surface area contributed by atoms with Crippen LogP contribution in [0.5, 0.6) is 0 Å². The normalized spacial score (nSPS) is 11.1. The Bertz CT molecular complexity index is 561. The predicted octanol–water partition coefficient (Wildman–Crippen LogP) is 2.06. The second-order valence-corrected chi connectivity index (χ2v) is 6.49. The van der Waals surface area contributed by atoms with Crippen molar-refractivity contribution >= 4 is 35.8 Å². The highest BCUT2D eigenvalue weighted by atomic mass is 127. The van der Waals surface area contributed by atoms with E-state index in [9.17, 15) is 4.79 Å². The summed E-state index contributed by atoms with van der Waals surface area (Å²) in [5.74, 6) is 0.882. The van der Waals surface area contributed by atoms with E-state index in [1.165, 1.54) is 0 Å². The minimum absolute atomic E-state index is 0. The Morgan fingerprint density at radius 1 is 1.15 bits per heavy atom. The summed E-state index contributed by atoms with van der Waals surface area (Å²) in [6, 6.07) is 7.81. The summed E-state index contributed by atoms with van der Waals surface area (Å²) in [7, 11) is 7.68. The van der Waals surface area contributed by atoms with Crippen molar-refractivity contribution in [2.75, 3.05) is 54.4 Å². The smallest absolute Gasteiger partial charge is 0.253 e. The second kappa shape index (κ2) is 13.8. The van der Waals surface area contributed by atoms with Gasteiger partial charge in [-0.2, -0.15) is 0 Å². The third kappa shape index (κ3) is 9.96. The SMILES string of the molecule is CCNC(=NCCCN(C)C)NCCc1cccc(C(=O)N(C)C)c1.I. The molecular formula is C19H34IN5O. The molecule has 0 saturated heterocycles. The van der Waals surface area contributed by atoms with Gasteiger partial charge in [-0.1, -0.05) is 12.1 Å². The molecule has 0 aliphatic heterocycles. The molecule has 1 rings (SSSR count). The van der Waals surface area contributed by atoms with Crippen LogP contribution in [-0.2, 0) is 6.42 Å². The van der Waals surface area contributed by atoms with E-state index in [0.29, 0.717) is 0 Å². The molecule has 0 heterocycles. The number of nitrogens with zero attached hydrogens (tertiary/aromatic N) is 3. The lowest BCUT2D eigenvalue weighted by Gasteiger charge is -2.13. The summed E-state index contributed by atoms with van der Waals surface area (Å²) in [6.07, 6.45) is 1.88. The van der Waals surface area contributed by atoms with Crippen molar-refractivity contribution in [3.05, 3.63) is 35.4 Å². The summed E-state index contributed by atoms with van der Waals surface area (Å²) in [6.45, 7) is 5.52. The van der Waals surface area contributed by atoms with Gasteiger partial charge in [0.05, 0.1) is 0 Å². The van der Waals surface area contributed by atoms with E-state index >= 15 is 0 Å². The molecule has 0 aliphatic rings. The summed E-state index contributed by atoms with van der Waals surface area (Å²) in [5.41, 5.74) is 1.87. The van der Waals surface area contributed by atoms with Crippen LogP contribution in [0.3, 0.4) is 0 Å². The van der Waals surface area contributed by atoms with E-state index in [-0.39, 0.29) is 29.9 Å². The molecule has 0 aromatic heterocycles. The lowest BCUT2D eigenvalue weighted by atomic mass is 10.1. The molecular weight excluding hydrogens is 441 g/mol. The molecule has 7 heteroatoms. The average molecular weight is 475 g/mol. The van der Waals surface area contributed by atoms with Gasteiger partial charge in [-0.25, -0.2) is 0 Å². The van der Waals surface area contributed by atoms with E-state index in [1.54, 1.807) is 19.0 Å². The molecule has 0 bridgehead atoms. The van der Waals surface area contributed by atoms with Crippen molar-refractivity contribution in [3.63, 3.8) is 0 Å². The zero-order valence-electron chi connectivity index (χ0n) is 16.7. The minimum Gasteiger partial charge on any atom is -0.357 e. The molecule has 0 saturated carbocycles. The molecule has 0 fully saturated rings. The van der Waals surface area contributed by atoms with E-state index in [4.69, 9.17) is 0 Å². The van der Waals surface area contributed by atoms with Gasteiger partial charge < -0.3 is 20.4 Å². The van der Waals surface area contributed by atoms with Crippen LogP contribution < -0.4 is 10.6 Å². The zero-order valence-corrected chi connectivity index (χ0v) is 19.0. The Morgan fingerprint density at radius 3 is 2.50 bits per heavy atom. The highest BCUT2D eigenvalue weighted by Gasteiger charge is 2.08. The third-order valence-electron chi connectivity index (χ3n) is 3.66. The van der Waals surface area contributed by atoms with Gasteiger partial charge in [0, 0.05) is 39.3 Å². The maximum atomic E-state index is 12.0. The van der Waals surface area contributed by atoms with Crippen LogP contribution in [0.2, 0.25) is 0 Å². The van der Waals surface area contributed by atoms with Crippen molar-refractivity contribution in [1.82, 2.24) is 20.4 Å². The van der Waals surface area contributed by atoms with Crippen molar-refractivity contribution in [3.8, 4) is 0 Å². The lowest BCUT2D eigenvalue weighted by Crippen LogP contribution is -2.38. The molecule has 6 nitrogen and oxygen atoms in total. The van der Waals surface area contributed by atoms with Crippen LogP contribution >= 0.6 is 24.0 Å². The molecule has 2 N–H and O–H groups in total. The summed E-state index contributed by atoms with van der Waals surface area (Å²) in [5, 5.41) is 6.62. The van der Waals surface area contributed by atoms with Gasteiger partial charge in [0.15, 0.2) is 5.96 Å². The first-order valence-corrected chi connectivity index (χ1v) is 8.91. The van der Waals surface area contributed by atoms with Crippen LogP contribution in [0.1, 0.15) is 29.3 Å². The number of hydrogen-bond acceptors (Lipinski definition) is 3. The van der Waals surface area contributed by atoms with Crippen LogP contribution in [0.15, 0.2) is 29.3 Å². The summed E-state index contributed by atoms with van der Waals surface area (Å²) < 4.78 is 0. The molecule has 148 valence electrons. The van der Waals surface area contributed by atoms with Crippen molar-refractivity contribution in [2.45, 2.75) is 19.8 Å². The first kappa shape index (κ1) is 24.7. The van der Waals surface area contributed by atoms with Gasteiger partial charge in [-0.15, -0.1) is 24.0 Å². The van der Waals surface area contributed by atoms with Crippen LogP contribution in [0.4, 0.5) is 0 Å². The number of halogens is 1. The molecule has 0 aliphatic carbocycles. The fourth-order valence-electron chi connectivity index (χ4n) is 2.36. The van der Waals surface area contributed by atoms with Crippen molar-refractivity contribution in [1.29, 1.82) is 0 Å². The Hall–Kier alpha value is -1.35. The minimum atomic E-state index is 0. The van der Waals surface area contributed by atoms with Gasteiger partial charge in [-0.05, 0) is 58.1 Å². The van der Waals surface area contributed by atoms with E-state index in [0.717, 1.165) is 56.1 Å². The van der Waals surface area contributed by atoms with Crippen LogP contribution in [0, 0.1) is 0 Å². The Kier molecular flexibility index (Phi) is 13.1. The first-order chi connectivity index (χ1) is 11.9. The number of carbonyl (C=O) groups excluding carboxylic acids is 1. The molecule has 1 aromatic carbocycles. The molecule has 1 amide bonds. The summed E-state index contributed by atoms with van der Waals surface area (Å²) in [4.78, 5) is 20.4. The van der Waals surface area contributed by atoms with E-state index in [2.05, 4.69) is 47.6 Å². The molecule has 0 atom stereocenters. The Morgan fingerprint density at radius 2 is 1.88 bits per heavy atom. The molecule has 0 spiro atoms. The van der Waals surface area contributed by atoms with Gasteiger partial charge in [0.1, 0.15) is 0 Å². The van der Waals surface area contributed by atoms with Crippen molar-refractivity contribution < 1.29 is 4.79 Å². The van der Waals surface area contributed by atoms with Gasteiger partial charge in [0.2, 0.25) is 0 Å². The van der Waals surface area contributed by atoms with Crippen LogP contribution in [0.25, 0.3) is 0 Å². The standard InChI is InChI=1S/C19H33N5O.HI/c1-6-20-19(21-12-8-14-23(2)3)22-13-11-16-9-7-10-17(15-16)18(25)24(4)5;/h7,9-10,15H,6,8,11-14H2,1-5H3,(H2,20,21,22);1H. The predicted molar refractivity (Wildman–Crippen MR) is 121 cm³/mol. The molecule has 0 unspecified atom stereocenters. The maximum Gasteiger partial charge on any atom is 0.253 e. The quantitative estimate of drug-likeness (QED) is 0.249. The number of hydrogen-bond donors (Lipinski definition) is 2. The average Bonchev–Trinajstić information content (AvgIpc) is 2.58. The lowest BCUT2D eigenvalue weighted by molar-refractivity contribution is 0.0827. The van der Waals surface area contributed by atoms with E-state index < -0.39 is 0 Å². The maximum absolute atomic E-state index is 12.0.